The Hall–Kier alpha value is -1.90. The summed E-state index contributed by atoms with van der Waals surface area (Å²) in [6.45, 7) is 0. The van der Waals surface area contributed by atoms with Gasteiger partial charge in [-0.1, -0.05) is 0 Å². The zero-order valence-electron chi connectivity index (χ0n) is 8.75. The van der Waals surface area contributed by atoms with Crippen LogP contribution in [0.2, 0.25) is 0 Å². The predicted molar refractivity (Wildman–Crippen MR) is 59.1 cm³/mol. The van der Waals surface area contributed by atoms with Gasteiger partial charge in [0.05, 0.1) is 0 Å². The monoisotopic (exact) mass is 238 g/mol. The van der Waals surface area contributed by atoms with Gasteiger partial charge >= 0.3 is 0 Å². The van der Waals surface area contributed by atoms with Gasteiger partial charge < -0.3 is 10.6 Å². The maximum Gasteiger partial charge on any atom is 0.230 e. The second-order valence-electron chi connectivity index (χ2n) is 3.06. The maximum absolute atomic E-state index is 5.58. The van der Waals surface area contributed by atoms with Crippen LogP contribution in [-0.4, -0.2) is 44.2 Å². The summed E-state index contributed by atoms with van der Waals surface area (Å²) in [7, 11) is 3.66. The summed E-state index contributed by atoms with van der Waals surface area (Å²) in [4.78, 5) is 17.9. The van der Waals surface area contributed by atoms with Gasteiger partial charge in [0.15, 0.2) is 5.16 Å². The zero-order chi connectivity index (χ0) is 11.5. The van der Waals surface area contributed by atoms with Crippen molar-refractivity contribution >= 4 is 23.7 Å². The van der Waals surface area contributed by atoms with Crippen LogP contribution in [0.3, 0.4) is 0 Å². The number of rotatable bonds is 3. The van der Waals surface area contributed by atoms with Crippen molar-refractivity contribution in [1.29, 1.82) is 0 Å². The predicted octanol–water partition coefficient (Wildman–Crippen LogP) is -0.211. The van der Waals surface area contributed by atoms with Crippen LogP contribution in [0.5, 0.6) is 0 Å². The summed E-state index contributed by atoms with van der Waals surface area (Å²) in [5, 5.41) is 7.52. The van der Waals surface area contributed by atoms with E-state index in [0.29, 0.717) is 16.3 Å². The zero-order valence-corrected chi connectivity index (χ0v) is 9.56. The quantitative estimate of drug-likeness (QED) is 0.755. The van der Waals surface area contributed by atoms with Crippen molar-refractivity contribution in [3.05, 3.63) is 6.33 Å². The van der Waals surface area contributed by atoms with Gasteiger partial charge in [0, 0.05) is 14.1 Å². The number of nitrogens with one attached hydrogen (secondary N) is 1. The molecule has 0 spiro atoms. The molecule has 0 saturated carbocycles. The van der Waals surface area contributed by atoms with Crippen molar-refractivity contribution in [2.45, 2.75) is 10.3 Å². The minimum atomic E-state index is 0.181. The number of nitrogens with zero attached hydrogens (tertiary/aromatic N) is 6. The first-order valence-corrected chi connectivity index (χ1v) is 5.19. The molecule has 16 heavy (non-hydrogen) atoms. The van der Waals surface area contributed by atoms with Crippen LogP contribution in [0.25, 0.3) is 0 Å². The molecule has 0 aromatic carbocycles. The lowest BCUT2D eigenvalue weighted by molar-refractivity contribution is 0.868. The third-order valence-electron chi connectivity index (χ3n) is 1.60. The Kier molecular flexibility index (Phi) is 2.86. The summed E-state index contributed by atoms with van der Waals surface area (Å²) < 4.78 is 0. The molecule has 2 aromatic heterocycles. The van der Waals surface area contributed by atoms with Gasteiger partial charge in [0.2, 0.25) is 17.1 Å². The fourth-order valence-electron chi connectivity index (χ4n) is 0.937. The van der Waals surface area contributed by atoms with Crippen molar-refractivity contribution in [2.24, 2.45) is 0 Å². The second-order valence-corrected chi connectivity index (χ2v) is 4.02. The van der Waals surface area contributed by atoms with Crippen molar-refractivity contribution in [3.8, 4) is 0 Å². The molecule has 2 aromatic rings. The van der Waals surface area contributed by atoms with Gasteiger partial charge in [-0.3, -0.25) is 5.10 Å². The van der Waals surface area contributed by atoms with E-state index in [1.807, 2.05) is 14.1 Å². The van der Waals surface area contributed by atoms with Gasteiger partial charge in [-0.2, -0.15) is 20.1 Å². The van der Waals surface area contributed by atoms with E-state index in [1.165, 1.54) is 18.1 Å². The van der Waals surface area contributed by atoms with E-state index >= 15 is 0 Å². The third-order valence-corrected chi connectivity index (χ3v) is 2.36. The van der Waals surface area contributed by atoms with Gasteiger partial charge in [-0.25, -0.2) is 4.98 Å². The number of anilines is 2. The SMILES string of the molecule is CN(C)c1nc(N)nc(Sc2ncn[nH]2)n1. The smallest absolute Gasteiger partial charge is 0.230 e. The maximum atomic E-state index is 5.58. The molecule has 0 saturated heterocycles. The summed E-state index contributed by atoms with van der Waals surface area (Å²) in [6, 6.07) is 0. The van der Waals surface area contributed by atoms with Gasteiger partial charge in [0.1, 0.15) is 6.33 Å². The molecule has 0 aliphatic heterocycles. The van der Waals surface area contributed by atoms with E-state index in [-0.39, 0.29) is 5.95 Å². The molecule has 0 aliphatic carbocycles. The number of H-pyrrole nitrogens is 1. The highest BCUT2D eigenvalue weighted by molar-refractivity contribution is 7.99. The molecular weight excluding hydrogens is 228 g/mol. The van der Waals surface area contributed by atoms with Crippen molar-refractivity contribution in [2.75, 3.05) is 24.7 Å². The summed E-state index contributed by atoms with van der Waals surface area (Å²) in [5.41, 5.74) is 5.58. The number of hydrogen-bond donors (Lipinski definition) is 2. The van der Waals surface area contributed by atoms with Crippen LogP contribution in [-0.2, 0) is 0 Å². The number of hydrogen-bond acceptors (Lipinski definition) is 8. The number of nitrogens with two attached hydrogens (primary N) is 1. The van der Waals surface area contributed by atoms with E-state index in [0.717, 1.165) is 0 Å². The average molecular weight is 238 g/mol. The minimum absolute atomic E-state index is 0.181. The Morgan fingerprint density at radius 1 is 1.31 bits per heavy atom. The Balaban J connectivity index is 2.27. The van der Waals surface area contributed by atoms with Crippen molar-refractivity contribution in [1.82, 2.24) is 30.1 Å². The van der Waals surface area contributed by atoms with Crippen LogP contribution < -0.4 is 10.6 Å². The number of aromatic amines is 1. The molecule has 0 fully saturated rings. The first-order chi connectivity index (χ1) is 7.65. The average Bonchev–Trinajstić information content (AvgIpc) is 2.69. The highest BCUT2D eigenvalue weighted by atomic mass is 32.2. The van der Waals surface area contributed by atoms with Crippen LogP contribution in [0.1, 0.15) is 0 Å². The van der Waals surface area contributed by atoms with E-state index in [2.05, 4.69) is 30.1 Å². The van der Waals surface area contributed by atoms with E-state index in [9.17, 15) is 0 Å². The molecule has 8 nitrogen and oxygen atoms in total. The third kappa shape index (κ3) is 2.37. The molecule has 0 amide bonds. The first kappa shape index (κ1) is 10.6. The summed E-state index contributed by atoms with van der Waals surface area (Å²) in [5.74, 6) is 0.690. The first-order valence-electron chi connectivity index (χ1n) is 4.37. The lowest BCUT2D eigenvalue weighted by atomic mass is 10.8. The van der Waals surface area contributed by atoms with Crippen LogP contribution >= 0.6 is 11.8 Å². The highest BCUT2D eigenvalue weighted by Gasteiger charge is 2.08. The molecule has 2 heterocycles. The van der Waals surface area contributed by atoms with E-state index < -0.39 is 0 Å². The summed E-state index contributed by atoms with van der Waals surface area (Å²) >= 11 is 1.24. The Labute approximate surface area is 95.7 Å². The Morgan fingerprint density at radius 3 is 2.75 bits per heavy atom. The largest absolute Gasteiger partial charge is 0.368 e. The molecule has 9 heteroatoms. The molecule has 84 valence electrons. The second kappa shape index (κ2) is 4.31. The molecule has 3 N–H and O–H groups in total. The van der Waals surface area contributed by atoms with E-state index in [1.54, 1.807) is 4.90 Å². The van der Waals surface area contributed by atoms with Crippen LogP contribution in [0.4, 0.5) is 11.9 Å². The van der Waals surface area contributed by atoms with Crippen molar-refractivity contribution < 1.29 is 0 Å². The Bertz CT molecular complexity index is 467. The standard InChI is InChI=1S/C7H10N8S/c1-15(2)5-11-4(8)12-7(13-5)16-6-9-3-10-14-6/h3H,1-2H3,(H,9,10,14)(H2,8,11,12,13). The lowest BCUT2D eigenvalue weighted by Gasteiger charge is -2.10. The van der Waals surface area contributed by atoms with Gasteiger partial charge in [-0.05, 0) is 11.8 Å². The molecule has 0 bridgehead atoms. The number of aromatic nitrogens is 6. The molecule has 0 atom stereocenters. The van der Waals surface area contributed by atoms with Crippen LogP contribution in [0, 0.1) is 0 Å². The highest BCUT2D eigenvalue weighted by Crippen LogP contribution is 2.21. The normalized spacial score (nSPS) is 10.4. The lowest BCUT2D eigenvalue weighted by Crippen LogP contribution is -2.15. The molecule has 0 radical (unpaired) electrons. The fourth-order valence-corrected chi connectivity index (χ4v) is 1.57. The number of nitrogen functional groups attached to an aromatic ring is 1. The summed E-state index contributed by atoms with van der Waals surface area (Å²) in [6.07, 6.45) is 1.42. The molecule has 2 rings (SSSR count). The van der Waals surface area contributed by atoms with Gasteiger partial charge in [0.25, 0.3) is 0 Å². The fraction of sp³-hybridized carbons (Fsp3) is 0.286. The Morgan fingerprint density at radius 2 is 2.12 bits per heavy atom. The van der Waals surface area contributed by atoms with Crippen molar-refractivity contribution in [3.63, 3.8) is 0 Å². The van der Waals surface area contributed by atoms with Crippen LogP contribution in [0.15, 0.2) is 16.6 Å². The molecule has 0 unspecified atom stereocenters. The topological polar surface area (TPSA) is 110 Å². The van der Waals surface area contributed by atoms with Gasteiger partial charge in [-0.15, -0.1) is 0 Å². The minimum Gasteiger partial charge on any atom is -0.368 e. The molecular formula is C7H10N8S. The molecule has 0 aliphatic rings. The van der Waals surface area contributed by atoms with E-state index in [4.69, 9.17) is 5.73 Å².